The molecule has 1 amide bonds. The topological polar surface area (TPSA) is 73.7 Å². The van der Waals surface area contributed by atoms with E-state index in [0.717, 1.165) is 30.6 Å². The van der Waals surface area contributed by atoms with Crippen molar-refractivity contribution < 1.29 is 9.18 Å². The van der Waals surface area contributed by atoms with Gasteiger partial charge in [-0.05, 0) is 43.5 Å². The van der Waals surface area contributed by atoms with Crippen molar-refractivity contribution in [3.05, 3.63) is 69.0 Å². The lowest BCUT2D eigenvalue weighted by Crippen LogP contribution is -2.41. The molecule has 2 aliphatic rings. The van der Waals surface area contributed by atoms with Crippen molar-refractivity contribution in [3.63, 3.8) is 0 Å². The molecule has 7 nitrogen and oxygen atoms in total. The van der Waals surface area contributed by atoms with E-state index in [1.54, 1.807) is 17.0 Å². The second-order valence-electron chi connectivity index (χ2n) is 9.17. The van der Waals surface area contributed by atoms with Crippen LogP contribution in [0.25, 0.3) is 5.65 Å². The van der Waals surface area contributed by atoms with Crippen LogP contribution in [0.5, 0.6) is 0 Å². The fourth-order valence-corrected chi connectivity index (χ4v) is 4.97. The molecule has 1 N–H and O–H groups in total. The number of likely N-dealkylation sites (tertiary alicyclic amines) is 1. The highest BCUT2D eigenvalue weighted by molar-refractivity contribution is 5.78. The second-order valence-corrected chi connectivity index (χ2v) is 9.17. The van der Waals surface area contributed by atoms with Gasteiger partial charge < -0.3 is 4.90 Å². The molecular weight excluding hydrogens is 409 g/mol. The third-order valence-electron chi connectivity index (χ3n) is 6.59. The van der Waals surface area contributed by atoms with E-state index in [4.69, 9.17) is 4.98 Å². The zero-order valence-corrected chi connectivity index (χ0v) is 18.5. The zero-order chi connectivity index (χ0) is 22.4. The van der Waals surface area contributed by atoms with Crippen molar-refractivity contribution in [2.45, 2.75) is 52.2 Å². The van der Waals surface area contributed by atoms with E-state index in [9.17, 15) is 14.0 Å². The predicted octanol–water partition coefficient (Wildman–Crippen LogP) is 3.04. The normalized spacial score (nSPS) is 19.1. The van der Waals surface area contributed by atoms with Crippen molar-refractivity contribution >= 4 is 11.6 Å². The van der Waals surface area contributed by atoms with Crippen LogP contribution in [0, 0.1) is 11.7 Å². The Kier molecular flexibility index (Phi) is 5.33. The summed E-state index contributed by atoms with van der Waals surface area (Å²) < 4.78 is 15.2. The molecule has 0 radical (unpaired) electrons. The van der Waals surface area contributed by atoms with Gasteiger partial charge in [-0.3, -0.25) is 19.6 Å². The van der Waals surface area contributed by atoms with Crippen LogP contribution < -0.4 is 5.56 Å². The van der Waals surface area contributed by atoms with Crippen LogP contribution in [-0.4, -0.2) is 43.4 Å². The molecule has 0 saturated carbocycles. The van der Waals surface area contributed by atoms with Crippen LogP contribution in [0.15, 0.2) is 35.1 Å². The van der Waals surface area contributed by atoms with E-state index in [2.05, 4.69) is 10.00 Å². The number of fused-ring (bicyclic) bond motifs is 2. The Hall–Kier alpha value is -3.00. The van der Waals surface area contributed by atoms with Gasteiger partial charge in [0.25, 0.3) is 5.56 Å². The molecule has 8 heteroatoms. The number of carbonyl (C=O) groups is 1. The lowest BCUT2D eigenvalue weighted by atomic mass is 10.0. The first-order valence-electron chi connectivity index (χ1n) is 11.3. The summed E-state index contributed by atoms with van der Waals surface area (Å²) in [6, 6.07) is 8.77. The summed E-state index contributed by atoms with van der Waals surface area (Å²) in [5.74, 6) is -0.215. The minimum absolute atomic E-state index is 0.0771. The Morgan fingerprint density at radius 1 is 1.28 bits per heavy atom. The summed E-state index contributed by atoms with van der Waals surface area (Å²) in [5, 5.41) is 3.28. The number of carbonyl (C=O) groups excluding carboxylic acids is 1. The first-order valence-corrected chi connectivity index (χ1v) is 11.3. The lowest BCUT2D eigenvalue weighted by molar-refractivity contribution is -0.135. The number of amides is 1. The van der Waals surface area contributed by atoms with Gasteiger partial charge >= 0.3 is 0 Å². The molecule has 1 aromatic carbocycles. The SMILES string of the molecule is CC(C)C(=O)N1CCc2c(nc3cc([C@@H]4CCCN4Cc4cccc(F)c4)[nH]n3c2=O)C1. The van der Waals surface area contributed by atoms with E-state index >= 15 is 0 Å². The highest BCUT2D eigenvalue weighted by Crippen LogP contribution is 2.33. The summed E-state index contributed by atoms with van der Waals surface area (Å²) >= 11 is 0. The van der Waals surface area contributed by atoms with Crippen LogP contribution in [0.4, 0.5) is 4.39 Å². The molecule has 1 fully saturated rings. The van der Waals surface area contributed by atoms with Crippen LogP contribution >= 0.6 is 0 Å². The Morgan fingerprint density at radius 2 is 2.12 bits per heavy atom. The molecular formula is C24H28FN5O2. The van der Waals surface area contributed by atoms with Crippen molar-refractivity contribution in [1.82, 2.24) is 24.4 Å². The molecule has 2 aliphatic heterocycles. The summed E-state index contributed by atoms with van der Waals surface area (Å²) in [4.78, 5) is 34.4. The highest BCUT2D eigenvalue weighted by atomic mass is 19.1. The summed E-state index contributed by atoms with van der Waals surface area (Å²) in [7, 11) is 0. The fraction of sp³-hybridized carbons (Fsp3) is 0.458. The maximum absolute atomic E-state index is 13.6. The molecule has 32 heavy (non-hydrogen) atoms. The molecule has 168 valence electrons. The van der Waals surface area contributed by atoms with E-state index in [-0.39, 0.29) is 29.2 Å². The molecule has 1 atom stereocenters. The van der Waals surface area contributed by atoms with Gasteiger partial charge in [-0.25, -0.2) is 13.9 Å². The van der Waals surface area contributed by atoms with Gasteiger partial charge in [0, 0.05) is 30.6 Å². The van der Waals surface area contributed by atoms with Crippen molar-refractivity contribution in [2.24, 2.45) is 5.92 Å². The maximum Gasteiger partial charge on any atom is 0.276 e. The average molecular weight is 438 g/mol. The minimum atomic E-state index is -0.227. The van der Waals surface area contributed by atoms with Gasteiger partial charge in [-0.1, -0.05) is 26.0 Å². The fourth-order valence-electron chi connectivity index (χ4n) is 4.97. The number of nitrogens with zero attached hydrogens (tertiary/aromatic N) is 4. The molecule has 4 heterocycles. The summed E-state index contributed by atoms with van der Waals surface area (Å²) in [5.41, 5.74) is 3.77. The largest absolute Gasteiger partial charge is 0.336 e. The summed E-state index contributed by atoms with van der Waals surface area (Å²) in [6.07, 6.45) is 2.53. The number of aromatic nitrogens is 3. The second kappa shape index (κ2) is 8.16. The Morgan fingerprint density at radius 3 is 2.91 bits per heavy atom. The van der Waals surface area contributed by atoms with Crippen LogP contribution in [0.3, 0.4) is 0 Å². The average Bonchev–Trinajstić information content (AvgIpc) is 3.39. The number of aromatic amines is 1. The number of benzene rings is 1. The highest BCUT2D eigenvalue weighted by Gasteiger charge is 2.30. The maximum atomic E-state index is 13.6. The number of hydrogen-bond acceptors (Lipinski definition) is 4. The molecule has 0 spiro atoms. The Bertz CT molecular complexity index is 1230. The predicted molar refractivity (Wildman–Crippen MR) is 119 cm³/mol. The quantitative estimate of drug-likeness (QED) is 0.681. The summed E-state index contributed by atoms with van der Waals surface area (Å²) in [6.45, 7) is 6.28. The van der Waals surface area contributed by atoms with E-state index in [0.29, 0.717) is 43.0 Å². The molecule has 0 aliphatic carbocycles. The molecule has 0 unspecified atom stereocenters. The van der Waals surface area contributed by atoms with Crippen LogP contribution in [0.2, 0.25) is 0 Å². The van der Waals surface area contributed by atoms with Gasteiger partial charge in [0.1, 0.15) is 5.82 Å². The number of nitrogens with one attached hydrogen (secondary N) is 1. The molecule has 0 bridgehead atoms. The molecule has 2 aromatic heterocycles. The monoisotopic (exact) mass is 437 g/mol. The number of rotatable bonds is 4. The van der Waals surface area contributed by atoms with Gasteiger partial charge in [-0.2, -0.15) is 0 Å². The minimum Gasteiger partial charge on any atom is -0.336 e. The lowest BCUT2D eigenvalue weighted by Gasteiger charge is -2.29. The molecule has 1 saturated heterocycles. The van der Waals surface area contributed by atoms with Gasteiger partial charge in [0.15, 0.2) is 5.65 Å². The smallest absolute Gasteiger partial charge is 0.276 e. The van der Waals surface area contributed by atoms with Crippen molar-refractivity contribution in [1.29, 1.82) is 0 Å². The first kappa shape index (κ1) is 20.9. The number of H-pyrrole nitrogens is 1. The van der Waals surface area contributed by atoms with Gasteiger partial charge in [-0.15, -0.1) is 0 Å². The third kappa shape index (κ3) is 3.72. The van der Waals surface area contributed by atoms with E-state index in [1.807, 2.05) is 26.0 Å². The van der Waals surface area contributed by atoms with Crippen LogP contribution in [0.1, 0.15) is 55.2 Å². The van der Waals surface area contributed by atoms with E-state index in [1.165, 1.54) is 10.6 Å². The van der Waals surface area contributed by atoms with Crippen molar-refractivity contribution in [3.8, 4) is 0 Å². The molecule has 5 rings (SSSR count). The standard InChI is InChI=1S/C24H28FN5O2/c1-15(2)23(31)29-10-8-18-20(14-29)26-22-12-19(27-30(22)24(18)32)21-7-4-9-28(21)13-16-5-3-6-17(25)11-16/h3,5-6,11-12,15,21,27H,4,7-10,13-14H2,1-2H3/t21-/m0/s1. The third-order valence-corrected chi connectivity index (χ3v) is 6.59. The van der Waals surface area contributed by atoms with Crippen LogP contribution in [-0.2, 0) is 24.3 Å². The first-order chi connectivity index (χ1) is 15.4. The Labute approximate surface area is 185 Å². The van der Waals surface area contributed by atoms with Crippen molar-refractivity contribution in [2.75, 3.05) is 13.1 Å². The Balaban J connectivity index is 1.44. The van der Waals surface area contributed by atoms with E-state index < -0.39 is 0 Å². The zero-order valence-electron chi connectivity index (χ0n) is 18.5. The van der Waals surface area contributed by atoms with Gasteiger partial charge in [0.05, 0.1) is 24.0 Å². The number of hydrogen-bond donors (Lipinski definition) is 1. The number of halogens is 1. The van der Waals surface area contributed by atoms with Gasteiger partial charge in [0.2, 0.25) is 5.91 Å². The molecule has 3 aromatic rings.